The molecule has 1 amide bonds. The van der Waals surface area contributed by atoms with Crippen molar-refractivity contribution in [1.82, 2.24) is 9.80 Å². The lowest BCUT2D eigenvalue weighted by Crippen LogP contribution is -2.35. The van der Waals surface area contributed by atoms with Crippen molar-refractivity contribution < 1.29 is 4.79 Å². The maximum atomic E-state index is 12.3. The first kappa shape index (κ1) is 15.5. The minimum absolute atomic E-state index is 0.207. The van der Waals surface area contributed by atoms with E-state index in [0.717, 1.165) is 38.2 Å². The number of hydrogen-bond acceptors (Lipinski definition) is 3. The molecule has 0 atom stereocenters. The van der Waals surface area contributed by atoms with Crippen molar-refractivity contribution in [1.29, 1.82) is 0 Å². The average molecular weight is 294 g/mol. The first-order chi connectivity index (χ1) is 9.81. The Morgan fingerprint density at radius 3 is 2.85 bits per heavy atom. The van der Waals surface area contributed by atoms with Crippen LogP contribution in [0.2, 0.25) is 0 Å². The number of thiophene rings is 1. The Labute approximate surface area is 126 Å². The Bertz CT molecular complexity index is 391. The first-order valence-electron chi connectivity index (χ1n) is 7.85. The molecule has 0 N–H and O–H groups in total. The molecule has 2 rings (SSSR count). The standard InChI is InChI=1S/C16H26N2OS/c1-2-3-4-5-8-17-9-6-10-18(12-11-17)16(19)15-7-13-20-14-15/h7,13-14H,2-6,8-12H2,1H3. The molecule has 1 aromatic rings. The molecule has 0 aromatic carbocycles. The molecule has 1 aliphatic heterocycles. The molecule has 2 heterocycles. The lowest BCUT2D eigenvalue weighted by atomic mass is 10.2. The fraction of sp³-hybridized carbons (Fsp3) is 0.688. The van der Waals surface area contributed by atoms with E-state index < -0.39 is 0 Å². The molecule has 4 heteroatoms. The van der Waals surface area contributed by atoms with Gasteiger partial charge in [-0.2, -0.15) is 11.3 Å². The summed E-state index contributed by atoms with van der Waals surface area (Å²) in [6, 6.07) is 1.93. The van der Waals surface area contributed by atoms with Crippen LogP contribution in [-0.4, -0.2) is 48.4 Å². The van der Waals surface area contributed by atoms with E-state index in [-0.39, 0.29) is 5.91 Å². The summed E-state index contributed by atoms with van der Waals surface area (Å²) >= 11 is 1.60. The zero-order valence-electron chi connectivity index (χ0n) is 12.5. The van der Waals surface area contributed by atoms with Gasteiger partial charge in [-0.25, -0.2) is 0 Å². The molecule has 0 saturated carbocycles. The molecule has 20 heavy (non-hydrogen) atoms. The Kier molecular flexibility index (Phi) is 6.54. The van der Waals surface area contributed by atoms with E-state index in [4.69, 9.17) is 0 Å². The lowest BCUT2D eigenvalue weighted by molar-refractivity contribution is 0.0762. The van der Waals surface area contributed by atoms with E-state index in [9.17, 15) is 4.79 Å². The molecule has 1 aliphatic rings. The monoisotopic (exact) mass is 294 g/mol. The number of amides is 1. The van der Waals surface area contributed by atoms with Crippen LogP contribution in [-0.2, 0) is 0 Å². The Balaban J connectivity index is 1.76. The number of carbonyl (C=O) groups excluding carboxylic acids is 1. The average Bonchev–Trinajstić information content (AvgIpc) is 2.89. The van der Waals surface area contributed by atoms with Gasteiger partial charge < -0.3 is 9.80 Å². The highest BCUT2D eigenvalue weighted by molar-refractivity contribution is 7.08. The molecule has 0 radical (unpaired) electrons. The van der Waals surface area contributed by atoms with Gasteiger partial charge in [0.05, 0.1) is 5.56 Å². The third-order valence-electron chi connectivity index (χ3n) is 3.97. The SMILES string of the molecule is CCCCCCN1CCCN(C(=O)c2ccsc2)CC1. The summed E-state index contributed by atoms with van der Waals surface area (Å²) in [4.78, 5) is 16.9. The molecule has 0 spiro atoms. The second-order valence-corrected chi connectivity index (χ2v) is 6.34. The third kappa shape index (κ3) is 4.60. The molecule has 1 fully saturated rings. The van der Waals surface area contributed by atoms with Gasteiger partial charge in [0.1, 0.15) is 0 Å². The normalized spacial score (nSPS) is 17.1. The van der Waals surface area contributed by atoms with Crippen LogP contribution in [0.15, 0.2) is 16.8 Å². The molecular weight excluding hydrogens is 268 g/mol. The topological polar surface area (TPSA) is 23.6 Å². The van der Waals surface area contributed by atoms with Crippen molar-refractivity contribution in [2.24, 2.45) is 0 Å². The predicted molar refractivity (Wildman–Crippen MR) is 85.4 cm³/mol. The Morgan fingerprint density at radius 2 is 2.10 bits per heavy atom. The minimum Gasteiger partial charge on any atom is -0.337 e. The molecule has 112 valence electrons. The quantitative estimate of drug-likeness (QED) is 0.750. The van der Waals surface area contributed by atoms with Crippen molar-refractivity contribution in [3.8, 4) is 0 Å². The van der Waals surface area contributed by atoms with Gasteiger partial charge in [-0.05, 0) is 37.4 Å². The van der Waals surface area contributed by atoms with Crippen LogP contribution in [0.25, 0.3) is 0 Å². The molecule has 0 bridgehead atoms. The van der Waals surface area contributed by atoms with Crippen molar-refractivity contribution in [2.75, 3.05) is 32.7 Å². The van der Waals surface area contributed by atoms with Gasteiger partial charge in [-0.1, -0.05) is 26.2 Å². The summed E-state index contributed by atoms with van der Waals surface area (Å²) in [5, 5.41) is 3.93. The highest BCUT2D eigenvalue weighted by Gasteiger charge is 2.20. The third-order valence-corrected chi connectivity index (χ3v) is 4.65. The largest absolute Gasteiger partial charge is 0.337 e. The van der Waals surface area contributed by atoms with Crippen LogP contribution in [0.3, 0.4) is 0 Å². The predicted octanol–water partition coefficient (Wildman–Crippen LogP) is 3.48. The maximum Gasteiger partial charge on any atom is 0.254 e. The van der Waals surface area contributed by atoms with Crippen molar-refractivity contribution in [2.45, 2.75) is 39.0 Å². The minimum atomic E-state index is 0.207. The second-order valence-electron chi connectivity index (χ2n) is 5.56. The van der Waals surface area contributed by atoms with Gasteiger partial charge in [0, 0.05) is 25.0 Å². The molecule has 0 unspecified atom stereocenters. The van der Waals surface area contributed by atoms with Crippen molar-refractivity contribution in [3.63, 3.8) is 0 Å². The number of carbonyl (C=O) groups is 1. The lowest BCUT2D eigenvalue weighted by Gasteiger charge is -2.21. The van der Waals surface area contributed by atoms with Crippen LogP contribution >= 0.6 is 11.3 Å². The smallest absolute Gasteiger partial charge is 0.254 e. The van der Waals surface area contributed by atoms with Crippen LogP contribution in [0, 0.1) is 0 Å². The van der Waals surface area contributed by atoms with Gasteiger partial charge in [-0.3, -0.25) is 4.79 Å². The summed E-state index contributed by atoms with van der Waals surface area (Å²) in [6.45, 7) is 7.39. The summed E-state index contributed by atoms with van der Waals surface area (Å²) in [6.07, 6.45) is 6.38. The van der Waals surface area contributed by atoms with E-state index in [2.05, 4.69) is 11.8 Å². The van der Waals surface area contributed by atoms with Gasteiger partial charge in [-0.15, -0.1) is 0 Å². The number of unbranched alkanes of at least 4 members (excludes halogenated alkanes) is 3. The fourth-order valence-corrected chi connectivity index (χ4v) is 3.36. The van der Waals surface area contributed by atoms with Crippen LogP contribution in [0.5, 0.6) is 0 Å². The molecule has 0 aliphatic carbocycles. The summed E-state index contributed by atoms with van der Waals surface area (Å²) < 4.78 is 0. The van der Waals surface area contributed by atoms with Gasteiger partial charge >= 0.3 is 0 Å². The van der Waals surface area contributed by atoms with Crippen LogP contribution < -0.4 is 0 Å². The van der Waals surface area contributed by atoms with Crippen molar-refractivity contribution >= 4 is 17.2 Å². The molecule has 1 aromatic heterocycles. The zero-order chi connectivity index (χ0) is 14.2. The highest BCUT2D eigenvalue weighted by atomic mass is 32.1. The fourth-order valence-electron chi connectivity index (χ4n) is 2.73. The van der Waals surface area contributed by atoms with E-state index in [1.165, 1.54) is 32.2 Å². The molecule has 1 saturated heterocycles. The van der Waals surface area contributed by atoms with E-state index in [1.54, 1.807) is 11.3 Å². The van der Waals surface area contributed by atoms with Gasteiger partial charge in [0.2, 0.25) is 0 Å². The van der Waals surface area contributed by atoms with E-state index in [0.29, 0.717) is 0 Å². The van der Waals surface area contributed by atoms with Crippen molar-refractivity contribution in [3.05, 3.63) is 22.4 Å². The zero-order valence-corrected chi connectivity index (χ0v) is 13.3. The number of hydrogen-bond donors (Lipinski definition) is 0. The van der Waals surface area contributed by atoms with E-state index >= 15 is 0 Å². The van der Waals surface area contributed by atoms with Crippen LogP contribution in [0.4, 0.5) is 0 Å². The van der Waals surface area contributed by atoms with Gasteiger partial charge in [0.25, 0.3) is 5.91 Å². The Hall–Kier alpha value is -0.870. The molecule has 3 nitrogen and oxygen atoms in total. The Morgan fingerprint density at radius 1 is 1.20 bits per heavy atom. The summed E-state index contributed by atoms with van der Waals surface area (Å²) in [5.41, 5.74) is 0.853. The maximum absolute atomic E-state index is 12.3. The summed E-state index contributed by atoms with van der Waals surface area (Å²) in [7, 11) is 0. The summed E-state index contributed by atoms with van der Waals surface area (Å²) in [5.74, 6) is 0.207. The highest BCUT2D eigenvalue weighted by Crippen LogP contribution is 2.12. The van der Waals surface area contributed by atoms with Crippen LogP contribution in [0.1, 0.15) is 49.4 Å². The number of rotatable bonds is 6. The van der Waals surface area contributed by atoms with Gasteiger partial charge in [0.15, 0.2) is 0 Å². The van der Waals surface area contributed by atoms with E-state index in [1.807, 2.05) is 21.7 Å². The number of nitrogens with zero attached hydrogens (tertiary/aromatic N) is 2. The second kappa shape index (κ2) is 8.42. The molecular formula is C16H26N2OS. The first-order valence-corrected chi connectivity index (χ1v) is 8.79.